The van der Waals surface area contributed by atoms with Crippen molar-refractivity contribution in [3.63, 3.8) is 0 Å². The van der Waals surface area contributed by atoms with Gasteiger partial charge in [-0.2, -0.15) is 0 Å². The third-order valence-electron chi connectivity index (χ3n) is 8.55. The predicted molar refractivity (Wildman–Crippen MR) is 204 cm³/mol. The van der Waals surface area contributed by atoms with Gasteiger partial charge in [0.25, 0.3) is 0 Å². The highest BCUT2D eigenvalue weighted by atomic mass is 31.2. The Bertz CT molecular complexity index is 1710. The van der Waals surface area contributed by atoms with Gasteiger partial charge >= 0.3 is 0 Å². The Hall–Kier alpha value is -3.83. The lowest BCUT2D eigenvalue weighted by molar-refractivity contribution is 0.303. The Morgan fingerprint density at radius 2 is 1.38 bits per heavy atom. The molecule has 0 aromatic heterocycles. The molecular weight excluding hydrogens is 571 g/mol. The zero-order chi connectivity index (χ0) is 32.1. The Kier molecular flexibility index (Phi) is 12.9. The molecule has 1 atom stereocenters. The first kappa shape index (κ1) is 34.1. The summed E-state index contributed by atoms with van der Waals surface area (Å²) in [5.74, 6) is 11.4. The van der Waals surface area contributed by atoms with E-state index in [9.17, 15) is 0 Å². The quantitative estimate of drug-likeness (QED) is 0.0897. The Morgan fingerprint density at radius 3 is 2.11 bits per heavy atom. The normalized spacial score (nSPS) is 14.3. The maximum Gasteiger partial charge on any atom is 0.148 e. The van der Waals surface area contributed by atoms with Gasteiger partial charge in [0.1, 0.15) is 24.7 Å². The summed E-state index contributed by atoms with van der Waals surface area (Å²) in [4.78, 5) is 0. The number of ether oxygens (including phenoxy) is 2. The molecule has 1 aliphatic heterocycles. The van der Waals surface area contributed by atoms with Gasteiger partial charge in [-0.05, 0) is 85.0 Å². The van der Waals surface area contributed by atoms with E-state index < -0.39 is 7.14 Å². The molecule has 45 heavy (non-hydrogen) atoms. The second-order valence-corrected chi connectivity index (χ2v) is 15.0. The van der Waals surface area contributed by atoms with Gasteiger partial charge in [0, 0.05) is 42.7 Å². The van der Waals surface area contributed by atoms with Crippen LogP contribution in [-0.2, 0) is 4.57 Å². The monoisotopic (exact) mass is 630 g/mol. The van der Waals surface area contributed by atoms with Crippen molar-refractivity contribution < 1.29 is 22.6 Å². The molecule has 0 fully saturated rings. The van der Waals surface area contributed by atoms with Crippen LogP contribution in [0, 0.1) is 50.1 Å². The molecule has 0 saturated heterocycles. The minimum atomic E-state index is -2.82. The van der Waals surface area contributed by atoms with Gasteiger partial charge < -0.3 is 14.0 Å². The Balaban J connectivity index is -0.00000384. The molecule has 0 bridgehead atoms. The van der Waals surface area contributed by atoms with Gasteiger partial charge in [0.2, 0.25) is 0 Å². The highest BCUT2D eigenvalue weighted by Crippen LogP contribution is 2.54. The number of fused-ring (bicyclic) bond motifs is 3. The minimum absolute atomic E-state index is 0. The van der Waals surface area contributed by atoms with E-state index in [0.717, 1.165) is 75.4 Å². The van der Waals surface area contributed by atoms with Crippen molar-refractivity contribution in [2.75, 3.05) is 12.8 Å². The summed E-state index contributed by atoms with van der Waals surface area (Å²) < 4.78 is 27.3. The van der Waals surface area contributed by atoms with Crippen molar-refractivity contribution in [2.24, 2.45) is 0 Å². The Morgan fingerprint density at radius 1 is 0.711 bits per heavy atom. The molecule has 3 nitrogen and oxygen atoms in total. The second-order valence-electron chi connectivity index (χ2n) is 12.1. The molecule has 3 aromatic carbocycles. The van der Waals surface area contributed by atoms with Crippen molar-refractivity contribution in [3.8, 4) is 70.0 Å². The highest BCUT2D eigenvalue weighted by molar-refractivity contribution is 7.80. The number of unbranched alkanes of at least 4 members (excludes halogenated alkanes) is 9. The van der Waals surface area contributed by atoms with Crippen LogP contribution in [0.3, 0.4) is 0 Å². The summed E-state index contributed by atoms with van der Waals surface area (Å²) in [5, 5.41) is 1.96. The van der Waals surface area contributed by atoms with E-state index in [2.05, 4.69) is 87.0 Å². The predicted octanol–water partition coefficient (Wildman–Crippen LogP) is 11.4. The number of benzene rings is 3. The fourth-order valence-corrected chi connectivity index (χ4v) is 9.41. The molecule has 0 radical (unpaired) electrons. The average Bonchev–Trinajstić information content (AvgIpc) is 3.28. The number of terminal acetylenes is 1. The average molecular weight is 631 g/mol. The standard InChI is InChI=1S/C41H47O3P.6H2/c1-6-9-12-15-16-17-20-27-45(42)40-28-32(4)21-23-35(40)36-24-22-34(30-41(36)45)37-31-38(43-25-18-13-10-7-2)33(5)29-39(37)44-26-19-14-11-8-3;;;;;;/h3,21-24,28-31H,6-7,9-10,12-13,15-18,20,25,27H2,1-2,4-5H3;6*1H. The third kappa shape index (κ3) is 8.67. The number of hydrogen-bond donors (Lipinski definition) is 0. The van der Waals surface area contributed by atoms with Crippen molar-refractivity contribution in [1.82, 2.24) is 0 Å². The zero-order valence-corrected chi connectivity index (χ0v) is 28.5. The van der Waals surface area contributed by atoms with Crippen LogP contribution in [0.4, 0.5) is 0 Å². The van der Waals surface area contributed by atoms with Crippen LogP contribution >= 0.6 is 7.14 Å². The summed E-state index contributed by atoms with van der Waals surface area (Å²) in [6.45, 7) is 9.22. The van der Waals surface area contributed by atoms with Crippen molar-refractivity contribution in [3.05, 3.63) is 59.7 Å². The van der Waals surface area contributed by atoms with Crippen molar-refractivity contribution >= 4 is 17.8 Å². The molecule has 246 valence electrons. The lowest BCUT2D eigenvalue weighted by atomic mass is 9.98. The summed E-state index contributed by atoms with van der Waals surface area (Å²) >= 11 is 0. The van der Waals surface area contributed by atoms with E-state index in [1.165, 1.54) is 44.9 Å². The molecule has 1 aliphatic rings. The molecule has 0 aliphatic carbocycles. The van der Waals surface area contributed by atoms with Crippen LogP contribution < -0.4 is 20.1 Å². The first-order valence-corrected chi connectivity index (χ1v) is 18.6. The van der Waals surface area contributed by atoms with Crippen molar-refractivity contribution in [1.29, 1.82) is 0 Å². The first-order valence-electron chi connectivity index (χ1n) is 16.7. The molecule has 0 amide bonds. The zero-order valence-electron chi connectivity index (χ0n) is 27.6. The SMILES string of the molecule is C#CC#CC#COc1cc(C)c(OCCCCCC)cc1-c1ccc2c(c1)P(=O)(CCCCCCCCC)c1cc(C)ccc1-2.[HH].[HH].[HH].[HH].[HH].[HH]. The third-order valence-corrected chi connectivity index (χ3v) is 11.8. The molecule has 1 heterocycles. The van der Waals surface area contributed by atoms with Crippen molar-refractivity contribution in [2.45, 2.75) is 98.3 Å². The van der Waals surface area contributed by atoms with Crippen LogP contribution in [0.15, 0.2) is 48.5 Å². The summed E-state index contributed by atoms with van der Waals surface area (Å²) in [6, 6.07) is 16.8. The van der Waals surface area contributed by atoms with E-state index in [0.29, 0.717) is 18.5 Å². The lowest BCUT2D eigenvalue weighted by Crippen LogP contribution is -2.14. The smallest absolute Gasteiger partial charge is 0.148 e. The largest absolute Gasteiger partial charge is 0.493 e. The fraction of sp³-hybridized carbons (Fsp3) is 0.415. The van der Waals surface area contributed by atoms with Gasteiger partial charge in [0.05, 0.1) is 6.61 Å². The van der Waals surface area contributed by atoms with Gasteiger partial charge in [0.15, 0.2) is 0 Å². The topological polar surface area (TPSA) is 35.5 Å². The number of rotatable bonds is 16. The fourth-order valence-electron chi connectivity index (χ4n) is 6.07. The maximum absolute atomic E-state index is 15.1. The summed E-state index contributed by atoms with van der Waals surface area (Å²) in [5.41, 5.74) is 6.06. The number of aryl methyl sites for hydroxylation is 2. The van der Waals surface area contributed by atoms with Crippen LogP contribution in [0.2, 0.25) is 0 Å². The van der Waals surface area contributed by atoms with Crippen LogP contribution in [-0.4, -0.2) is 12.8 Å². The van der Waals surface area contributed by atoms with Crippen LogP contribution in [0.1, 0.15) is 104 Å². The van der Waals surface area contributed by atoms with E-state index in [1.807, 2.05) is 19.1 Å². The molecule has 3 aromatic rings. The second kappa shape index (κ2) is 17.0. The summed E-state index contributed by atoms with van der Waals surface area (Å²) in [7, 11) is -2.82. The molecule has 0 spiro atoms. The minimum Gasteiger partial charge on any atom is -0.493 e. The molecule has 0 saturated carbocycles. The summed E-state index contributed by atoms with van der Waals surface area (Å²) in [6.07, 6.45) is 21.5. The lowest BCUT2D eigenvalue weighted by Gasteiger charge is -2.18. The van der Waals surface area contributed by atoms with Gasteiger partial charge in [-0.1, -0.05) is 101 Å². The van der Waals surface area contributed by atoms with Gasteiger partial charge in [-0.25, -0.2) is 0 Å². The molecule has 4 rings (SSSR count). The van der Waals surface area contributed by atoms with E-state index in [-0.39, 0.29) is 8.56 Å². The highest BCUT2D eigenvalue weighted by Gasteiger charge is 2.38. The molecule has 1 unspecified atom stereocenters. The molecule has 4 heteroatoms. The Labute approximate surface area is 280 Å². The van der Waals surface area contributed by atoms with Gasteiger partial charge in [-0.3, -0.25) is 0 Å². The molecular formula is C41H59O3P. The van der Waals surface area contributed by atoms with E-state index >= 15 is 4.57 Å². The van der Waals surface area contributed by atoms with Crippen LogP contribution in [0.25, 0.3) is 22.3 Å². The molecule has 0 N–H and O–H groups in total. The maximum atomic E-state index is 15.1. The van der Waals surface area contributed by atoms with Gasteiger partial charge in [-0.15, -0.1) is 6.42 Å². The number of hydrogen-bond acceptors (Lipinski definition) is 3. The first-order chi connectivity index (χ1) is 21.9. The van der Waals surface area contributed by atoms with E-state index in [1.54, 1.807) is 0 Å². The van der Waals surface area contributed by atoms with E-state index in [4.69, 9.17) is 15.9 Å². The van der Waals surface area contributed by atoms with Crippen LogP contribution in [0.5, 0.6) is 11.5 Å².